The molecule has 0 radical (unpaired) electrons. The maximum absolute atomic E-state index is 12.4. The number of hydrogen-bond acceptors (Lipinski definition) is 2. The fourth-order valence-electron chi connectivity index (χ4n) is 2.59. The van der Waals surface area contributed by atoms with E-state index in [4.69, 9.17) is 11.6 Å². The second-order valence-electron chi connectivity index (χ2n) is 6.23. The summed E-state index contributed by atoms with van der Waals surface area (Å²) >= 11 is 5.91. The molecule has 0 N–H and O–H groups in total. The maximum atomic E-state index is 12.4. The summed E-state index contributed by atoms with van der Waals surface area (Å²) in [5.41, 5.74) is 1.10. The summed E-state index contributed by atoms with van der Waals surface area (Å²) in [6.07, 6.45) is 2.60. The van der Waals surface area contributed by atoms with Crippen molar-refractivity contribution in [1.82, 2.24) is 9.80 Å². The fraction of sp³-hybridized carbons (Fsp3) is 0.588. The molecule has 1 aliphatic carbocycles. The van der Waals surface area contributed by atoms with Crippen LogP contribution in [0.25, 0.3) is 0 Å². The third-order valence-corrected chi connectivity index (χ3v) is 4.96. The van der Waals surface area contributed by atoms with Crippen LogP contribution in [0.5, 0.6) is 0 Å². The number of likely N-dealkylation sites (N-methyl/N-ethyl adjacent to an activating group) is 2. The highest BCUT2D eigenvalue weighted by molar-refractivity contribution is 6.30. The Kier molecular flexibility index (Phi) is 5.28. The molecule has 2 atom stereocenters. The summed E-state index contributed by atoms with van der Waals surface area (Å²) in [7, 11) is 3.92. The molecule has 1 saturated carbocycles. The molecule has 116 valence electrons. The van der Waals surface area contributed by atoms with Crippen LogP contribution in [0.4, 0.5) is 0 Å². The molecule has 0 aromatic heterocycles. The lowest BCUT2D eigenvalue weighted by Gasteiger charge is -2.30. The zero-order chi connectivity index (χ0) is 15.6. The zero-order valence-electron chi connectivity index (χ0n) is 13.3. The highest BCUT2D eigenvalue weighted by atomic mass is 35.5. The van der Waals surface area contributed by atoms with Crippen molar-refractivity contribution in [1.29, 1.82) is 0 Å². The Labute approximate surface area is 132 Å². The van der Waals surface area contributed by atoms with E-state index in [-0.39, 0.29) is 11.9 Å². The molecule has 3 nitrogen and oxygen atoms in total. The van der Waals surface area contributed by atoms with Gasteiger partial charge in [-0.2, -0.15) is 0 Å². The summed E-state index contributed by atoms with van der Waals surface area (Å²) in [5.74, 6) is 0.939. The van der Waals surface area contributed by atoms with E-state index in [1.165, 1.54) is 12.8 Å². The van der Waals surface area contributed by atoms with E-state index < -0.39 is 0 Å². The SMILES string of the molecule is CC(C1CC1)N(C)CC(=O)N(C)C(C)c1ccc(Cl)cc1. The Morgan fingerprint density at radius 1 is 1.24 bits per heavy atom. The number of benzene rings is 1. The van der Waals surface area contributed by atoms with E-state index in [0.29, 0.717) is 12.6 Å². The number of halogens is 1. The zero-order valence-corrected chi connectivity index (χ0v) is 14.1. The molecule has 0 spiro atoms. The van der Waals surface area contributed by atoms with Crippen molar-refractivity contribution in [3.63, 3.8) is 0 Å². The van der Waals surface area contributed by atoms with Gasteiger partial charge in [0.1, 0.15) is 0 Å². The van der Waals surface area contributed by atoms with Gasteiger partial charge in [-0.15, -0.1) is 0 Å². The second-order valence-corrected chi connectivity index (χ2v) is 6.66. The molecule has 21 heavy (non-hydrogen) atoms. The van der Waals surface area contributed by atoms with Crippen molar-refractivity contribution in [2.75, 3.05) is 20.6 Å². The third kappa shape index (κ3) is 4.21. The Hall–Kier alpha value is -1.06. The summed E-state index contributed by atoms with van der Waals surface area (Å²) in [6.45, 7) is 4.74. The second kappa shape index (κ2) is 6.80. The van der Waals surface area contributed by atoms with Crippen LogP contribution in [-0.2, 0) is 4.79 Å². The first-order valence-electron chi connectivity index (χ1n) is 7.61. The molecule has 1 fully saturated rings. The summed E-state index contributed by atoms with van der Waals surface area (Å²) in [6, 6.07) is 8.24. The normalized spacial score (nSPS) is 17.6. The molecule has 1 aromatic carbocycles. The van der Waals surface area contributed by atoms with Crippen LogP contribution in [0, 0.1) is 5.92 Å². The minimum absolute atomic E-state index is 0.0550. The molecular weight excluding hydrogens is 284 g/mol. The molecule has 4 heteroatoms. The predicted molar refractivity (Wildman–Crippen MR) is 87.5 cm³/mol. The third-order valence-electron chi connectivity index (χ3n) is 4.71. The number of carbonyl (C=O) groups excluding carboxylic acids is 1. The largest absolute Gasteiger partial charge is 0.338 e. The lowest BCUT2D eigenvalue weighted by molar-refractivity contribution is -0.133. The molecule has 1 amide bonds. The topological polar surface area (TPSA) is 23.6 Å². The van der Waals surface area contributed by atoms with Crippen molar-refractivity contribution in [3.05, 3.63) is 34.9 Å². The standard InChI is InChI=1S/C17H25ClN2O/c1-12(14-5-6-14)19(3)11-17(21)20(4)13(2)15-7-9-16(18)10-8-15/h7-10,12-14H,5-6,11H2,1-4H3. The first kappa shape index (κ1) is 16.3. The number of rotatable bonds is 6. The fourth-order valence-corrected chi connectivity index (χ4v) is 2.71. The number of carbonyl (C=O) groups is 1. The van der Waals surface area contributed by atoms with Gasteiger partial charge in [0.15, 0.2) is 0 Å². The van der Waals surface area contributed by atoms with E-state index in [1.807, 2.05) is 50.2 Å². The molecule has 2 unspecified atom stereocenters. The quantitative estimate of drug-likeness (QED) is 0.802. The minimum Gasteiger partial charge on any atom is -0.338 e. The van der Waals surface area contributed by atoms with Gasteiger partial charge in [0.25, 0.3) is 0 Å². The molecular formula is C17H25ClN2O. The Morgan fingerprint density at radius 3 is 2.33 bits per heavy atom. The van der Waals surface area contributed by atoms with Gasteiger partial charge in [-0.25, -0.2) is 0 Å². The maximum Gasteiger partial charge on any atom is 0.236 e. The van der Waals surface area contributed by atoms with Crippen molar-refractivity contribution in [2.45, 2.75) is 38.8 Å². The predicted octanol–water partition coefficient (Wildman–Crippen LogP) is 3.59. The van der Waals surface area contributed by atoms with E-state index >= 15 is 0 Å². The Bertz CT molecular complexity index is 484. The Balaban J connectivity index is 1.93. The monoisotopic (exact) mass is 308 g/mol. The summed E-state index contributed by atoms with van der Waals surface area (Å²) in [4.78, 5) is 16.4. The average Bonchev–Trinajstić information content (AvgIpc) is 3.30. The molecule has 0 saturated heterocycles. The van der Waals surface area contributed by atoms with Gasteiger partial charge in [-0.3, -0.25) is 9.69 Å². The first-order chi connectivity index (χ1) is 9.90. The van der Waals surface area contributed by atoms with Crippen LogP contribution in [0.3, 0.4) is 0 Å². The smallest absolute Gasteiger partial charge is 0.236 e. The van der Waals surface area contributed by atoms with Gasteiger partial charge >= 0.3 is 0 Å². The van der Waals surface area contributed by atoms with Crippen LogP contribution in [0.15, 0.2) is 24.3 Å². The lowest BCUT2D eigenvalue weighted by atomic mass is 10.1. The van der Waals surface area contributed by atoms with Gasteiger partial charge < -0.3 is 4.90 Å². The highest BCUT2D eigenvalue weighted by Gasteiger charge is 2.31. The lowest BCUT2D eigenvalue weighted by Crippen LogP contribution is -2.41. The van der Waals surface area contributed by atoms with Crippen LogP contribution in [0.1, 0.15) is 38.3 Å². The van der Waals surface area contributed by atoms with E-state index in [0.717, 1.165) is 16.5 Å². The summed E-state index contributed by atoms with van der Waals surface area (Å²) < 4.78 is 0. The molecule has 0 aliphatic heterocycles. The van der Waals surface area contributed by atoms with Crippen LogP contribution in [0.2, 0.25) is 5.02 Å². The average molecular weight is 309 g/mol. The first-order valence-corrected chi connectivity index (χ1v) is 7.99. The molecule has 1 aliphatic rings. The van der Waals surface area contributed by atoms with E-state index in [1.54, 1.807) is 0 Å². The van der Waals surface area contributed by atoms with Crippen LogP contribution in [-0.4, -0.2) is 42.4 Å². The van der Waals surface area contributed by atoms with Crippen molar-refractivity contribution >= 4 is 17.5 Å². The van der Waals surface area contributed by atoms with E-state index in [9.17, 15) is 4.79 Å². The molecule has 0 heterocycles. The molecule has 0 bridgehead atoms. The number of nitrogens with zero attached hydrogens (tertiary/aromatic N) is 2. The molecule has 1 aromatic rings. The van der Waals surface area contributed by atoms with Crippen LogP contribution < -0.4 is 0 Å². The van der Waals surface area contributed by atoms with Crippen molar-refractivity contribution < 1.29 is 4.79 Å². The number of amides is 1. The van der Waals surface area contributed by atoms with Gasteiger partial charge in [-0.1, -0.05) is 23.7 Å². The van der Waals surface area contributed by atoms with Gasteiger partial charge in [0, 0.05) is 18.1 Å². The van der Waals surface area contributed by atoms with Gasteiger partial charge in [-0.05, 0) is 57.4 Å². The number of hydrogen-bond donors (Lipinski definition) is 0. The highest BCUT2D eigenvalue weighted by Crippen LogP contribution is 2.34. The molecule has 2 rings (SSSR count). The van der Waals surface area contributed by atoms with Crippen LogP contribution >= 0.6 is 11.6 Å². The van der Waals surface area contributed by atoms with E-state index in [2.05, 4.69) is 11.8 Å². The minimum atomic E-state index is 0.0550. The van der Waals surface area contributed by atoms with Crippen molar-refractivity contribution in [3.8, 4) is 0 Å². The van der Waals surface area contributed by atoms with Gasteiger partial charge in [0.2, 0.25) is 5.91 Å². The summed E-state index contributed by atoms with van der Waals surface area (Å²) in [5, 5.41) is 0.720. The Morgan fingerprint density at radius 2 is 1.81 bits per heavy atom. The van der Waals surface area contributed by atoms with Crippen molar-refractivity contribution in [2.24, 2.45) is 5.92 Å². The van der Waals surface area contributed by atoms with Gasteiger partial charge in [0.05, 0.1) is 12.6 Å².